The summed E-state index contributed by atoms with van der Waals surface area (Å²) in [4.78, 5) is 16.7. The summed E-state index contributed by atoms with van der Waals surface area (Å²) in [6.07, 6.45) is 1.69. The van der Waals surface area contributed by atoms with Crippen LogP contribution in [0, 0.1) is 0 Å². The number of ether oxygens (including phenoxy) is 1. The molecule has 2 aliphatic rings. The van der Waals surface area contributed by atoms with E-state index in [4.69, 9.17) is 4.74 Å². The molecule has 0 radical (unpaired) electrons. The molecular formula is C17H26ClN3O2. The quantitative estimate of drug-likeness (QED) is 0.880. The van der Waals surface area contributed by atoms with E-state index in [0.29, 0.717) is 19.1 Å². The number of rotatable bonds is 5. The van der Waals surface area contributed by atoms with E-state index in [1.54, 1.807) is 0 Å². The van der Waals surface area contributed by atoms with E-state index in [-0.39, 0.29) is 18.3 Å². The molecule has 0 spiro atoms. The molecule has 1 unspecified atom stereocenters. The van der Waals surface area contributed by atoms with Crippen LogP contribution in [0.2, 0.25) is 0 Å². The third kappa shape index (κ3) is 5.09. The van der Waals surface area contributed by atoms with Gasteiger partial charge in [0.2, 0.25) is 5.91 Å². The number of nitrogens with zero attached hydrogens (tertiary/aromatic N) is 2. The fourth-order valence-electron chi connectivity index (χ4n) is 3.22. The summed E-state index contributed by atoms with van der Waals surface area (Å²) < 4.78 is 5.60. The Balaban J connectivity index is 0.00000192. The minimum Gasteiger partial charge on any atom is -0.493 e. The number of benzene rings is 1. The minimum atomic E-state index is 0. The Morgan fingerprint density at radius 2 is 1.91 bits per heavy atom. The van der Waals surface area contributed by atoms with Crippen molar-refractivity contribution in [1.29, 1.82) is 0 Å². The zero-order valence-corrected chi connectivity index (χ0v) is 14.3. The molecule has 1 amide bonds. The summed E-state index contributed by atoms with van der Waals surface area (Å²) in [6, 6.07) is 10.3. The lowest BCUT2D eigenvalue weighted by Crippen LogP contribution is -2.52. The highest BCUT2D eigenvalue weighted by Crippen LogP contribution is 2.13. The van der Waals surface area contributed by atoms with Crippen LogP contribution < -0.4 is 10.1 Å². The summed E-state index contributed by atoms with van der Waals surface area (Å²) in [5, 5.41) is 3.41. The second-order valence-corrected chi connectivity index (χ2v) is 5.97. The smallest absolute Gasteiger partial charge is 0.226 e. The number of hydrogen-bond donors (Lipinski definition) is 1. The molecule has 3 rings (SSSR count). The van der Waals surface area contributed by atoms with Crippen molar-refractivity contribution in [3.63, 3.8) is 0 Å². The number of halogens is 1. The fraction of sp³-hybridized carbons (Fsp3) is 0.588. The van der Waals surface area contributed by atoms with Gasteiger partial charge in [-0.05, 0) is 25.1 Å². The van der Waals surface area contributed by atoms with Crippen LogP contribution in [-0.4, -0.2) is 67.6 Å². The molecule has 5 nitrogen and oxygen atoms in total. The lowest BCUT2D eigenvalue weighted by Gasteiger charge is -2.37. The van der Waals surface area contributed by atoms with Gasteiger partial charge < -0.3 is 15.0 Å². The van der Waals surface area contributed by atoms with Gasteiger partial charge in [0, 0.05) is 38.8 Å². The molecule has 1 aromatic rings. The summed E-state index contributed by atoms with van der Waals surface area (Å²) in [5.41, 5.74) is 0. The van der Waals surface area contributed by atoms with Gasteiger partial charge in [0.25, 0.3) is 0 Å². The van der Waals surface area contributed by atoms with Crippen molar-refractivity contribution in [3.8, 4) is 5.75 Å². The Hall–Kier alpha value is -1.30. The number of amides is 1. The Bertz CT molecular complexity index is 472. The maximum absolute atomic E-state index is 12.2. The number of nitrogens with one attached hydrogen (secondary N) is 1. The summed E-state index contributed by atoms with van der Waals surface area (Å²) in [6.45, 7) is 6.37. The van der Waals surface area contributed by atoms with Gasteiger partial charge in [0.15, 0.2) is 0 Å². The van der Waals surface area contributed by atoms with E-state index in [1.165, 1.54) is 6.42 Å². The number of para-hydroxylation sites is 1. The first-order chi connectivity index (χ1) is 10.8. The second-order valence-electron chi connectivity index (χ2n) is 5.97. The third-order valence-electron chi connectivity index (χ3n) is 4.55. The maximum Gasteiger partial charge on any atom is 0.226 e. The monoisotopic (exact) mass is 339 g/mol. The zero-order valence-electron chi connectivity index (χ0n) is 13.4. The van der Waals surface area contributed by atoms with Crippen LogP contribution in [0.4, 0.5) is 0 Å². The largest absolute Gasteiger partial charge is 0.493 e. The molecule has 6 heteroatoms. The Labute approximate surface area is 144 Å². The number of carbonyl (C=O) groups is 1. The highest BCUT2D eigenvalue weighted by Gasteiger charge is 2.27. The molecule has 1 aromatic carbocycles. The van der Waals surface area contributed by atoms with Crippen LogP contribution in [0.5, 0.6) is 5.75 Å². The van der Waals surface area contributed by atoms with Crippen LogP contribution in [0.3, 0.4) is 0 Å². The van der Waals surface area contributed by atoms with Crippen molar-refractivity contribution in [2.24, 2.45) is 0 Å². The van der Waals surface area contributed by atoms with Gasteiger partial charge in [-0.1, -0.05) is 18.2 Å². The van der Waals surface area contributed by atoms with Gasteiger partial charge in [0.1, 0.15) is 5.75 Å². The molecule has 2 saturated heterocycles. The van der Waals surface area contributed by atoms with E-state index in [2.05, 4.69) is 10.2 Å². The zero-order chi connectivity index (χ0) is 15.2. The molecule has 0 saturated carbocycles. The standard InChI is InChI=1S/C17H25N3O2.ClH/c21-17(7-13-22-16-4-2-1-3-5-16)20-11-9-19(10-12-20)15-6-8-18-14-15;/h1-5,15,18H,6-14H2;1H. The SMILES string of the molecule is Cl.O=C(CCOc1ccccc1)N1CCN(C2CCNC2)CC1. The van der Waals surface area contributed by atoms with E-state index in [1.807, 2.05) is 35.2 Å². The lowest BCUT2D eigenvalue weighted by atomic mass is 10.2. The van der Waals surface area contributed by atoms with Crippen LogP contribution in [-0.2, 0) is 4.79 Å². The summed E-state index contributed by atoms with van der Waals surface area (Å²) in [5.74, 6) is 1.04. The number of carbonyl (C=O) groups excluding carboxylic acids is 1. The fourth-order valence-corrected chi connectivity index (χ4v) is 3.22. The summed E-state index contributed by atoms with van der Waals surface area (Å²) in [7, 11) is 0. The van der Waals surface area contributed by atoms with Crippen LogP contribution in [0.25, 0.3) is 0 Å². The Morgan fingerprint density at radius 3 is 2.57 bits per heavy atom. The van der Waals surface area contributed by atoms with Crippen LogP contribution in [0.15, 0.2) is 30.3 Å². The normalized spacial score (nSPS) is 21.7. The molecule has 2 aliphatic heterocycles. The second kappa shape index (κ2) is 9.11. The molecule has 23 heavy (non-hydrogen) atoms. The van der Waals surface area contributed by atoms with Gasteiger partial charge in [-0.15, -0.1) is 12.4 Å². The first-order valence-corrected chi connectivity index (χ1v) is 8.23. The summed E-state index contributed by atoms with van der Waals surface area (Å²) >= 11 is 0. The van der Waals surface area contributed by atoms with Gasteiger partial charge in [-0.3, -0.25) is 9.69 Å². The van der Waals surface area contributed by atoms with E-state index >= 15 is 0 Å². The average molecular weight is 340 g/mol. The highest BCUT2D eigenvalue weighted by molar-refractivity contribution is 5.85. The van der Waals surface area contributed by atoms with Crippen molar-refractivity contribution in [1.82, 2.24) is 15.1 Å². The van der Waals surface area contributed by atoms with Gasteiger partial charge >= 0.3 is 0 Å². The van der Waals surface area contributed by atoms with Crippen molar-refractivity contribution in [2.75, 3.05) is 45.9 Å². The van der Waals surface area contributed by atoms with Crippen molar-refractivity contribution < 1.29 is 9.53 Å². The van der Waals surface area contributed by atoms with E-state index in [0.717, 1.165) is 45.0 Å². The molecule has 2 heterocycles. The van der Waals surface area contributed by atoms with Gasteiger partial charge in [-0.2, -0.15) is 0 Å². The third-order valence-corrected chi connectivity index (χ3v) is 4.55. The Morgan fingerprint density at radius 1 is 1.17 bits per heavy atom. The molecular weight excluding hydrogens is 314 g/mol. The molecule has 0 bridgehead atoms. The predicted molar refractivity (Wildman–Crippen MR) is 93.2 cm³/mol. The molecule has 0 aliphatic carbocycles. The molecule has 1 N–H and O–H groups in total. The molecule has 2 fully saturated rings. The maximum atomic E-state index is 12.2. The number of hydrogen-bond acceptors (Lipinski definition) is 4. The van der Waals surface area contributed by atoms with Crippen LogP contribution >= 0.6 is 12.4 Å². The van der Waals surface area contributed by atoms with Crippen molar-refractivity contribution in [3.05, 3.63) is 30.3 Å². The average Bonchev–Trinajstić information content (AvgIpc) is 3.10. The highest BCUT2D eigenvalue weighted by atomic mass is 35.5. The van der Waals surface area contributed by atoms with Crippen LogP contribution in [0.1, 0.15) is 12.8 Å². The first kappa shape index (κ1) is 18.0. The molecule has 1 atom stereocenters. The van der Waals surface area contributed by atoms with Crippen molar-refractivity contribution in [2.45, 2.75) is 18.9 Å². The topological polar surface area (TPSA) is 44.8 Å². The first-order valence-electron chi connectivity index (χ1n) is 8.23. The van der Waals surface area contributed by atoms with Crippen molar-refractivity contribution >= 4 is 18.3 Å². The van der Waals surface area contributed by atoms with E-state index < -0.39 is 0 Å². The van der Waals surface area contributed by atoms with E-state index in [9.17, 15) is 4.79 Å². The predicted octanol–water partition coefficient (Wildman–Crippen LogP) is 1.38. The minimum absolute atomic E-state index is 0. The van der Waals surface area contributed by atoms with Gasteiger partial charge in [-0.25, -0.2) is 0 Å². The number of piperazine rings is 1. The Kier molecular flexibility index (Phi) is 7.15. The molecule has 0 aromatic heterocycles. The lowest BCUT2D eigenvalue weighted by molar-refractivity contribution is -0.133. The van der Waals surface area contributed by atoms with Gasteiger partial charge in [0.05, 0.1) is 13.0 Å². The molecule has 128 valence electrons.